The predicted octanol–water partition coefficient (Wildman–Crippen LogP) is 7.44. The molecule has 386 valence electrons. The van der Waals surface area contributed by atoms with Crippen LogP contribution >= 0.6 is 0 Å². The van der Waals surface area contributed by atoms with Crippen LogP contribution in [0.2, 0.25) is 0 Å². The number of carbonyl (C=O) groups excluding carboxylic acids is 4. The zero-order chi connectivity index (χ0) is 50.8. The van der Waals surface area contributed by atoms with Crippen molar-refractivity contribution >= 4 is 29.6 Å². The number of methoxy groups -OCH3 is 1. The molecule has 4 aliphatic rings. The van der Waals surface area contributed by atoms with Gasteiger partial charge in [-0.15, -0.1) is 0 Å². The number of anilines is 1. The van der Waals surface area contributed by atoms with Crippen LogP contribution in [0.15, 0.2) is 42.5 Å². The highest BCUT2D eigenvalue weighted by molar-refractivity contribution is 5.98. The average molecular weight is 974 g/mol. The molecule has 4 aliphatic carbocycles. The van der Waals surface area contributed by atoms with Gasteiger partial charge in [-0.25, -0.2) is 14.3 Å². The van der Waals surface area contributed by atoms with E-state index in [1.54, 1.807) is 56.8 Å². The highest BCUT2D eigenvalue weighted by atomic mass is 16.6. The van der Waals surface area contributed by atoms with E-state index in [0.717, 1.165) is 75.1 Å². The van der Waals surface area contributed by atoms with Gasteiger partial charge in [-0.3, -0.25) is 9.59 Å². The van der Waals surface area contributed by atoms with Crippen molar-refractivity contribution in [3.8, 4) is 28.4 Å². The van der Waals surface area contributed by atoms with E-state index in [4.69, 9.17) is 28.8 Å². The summed E-state index contributed by atoms with van der Waals surface area (Å²) in [6.45, 7) is 19.3. The summed E-state index contributed by atoms with van der Waals surface area (Å²) in [5.74, 6) is 0.525. The molecule has 2 aromatic carbocycles. The van der Waals surface area contributed by atoms with Crippen LogP contribution in [0.1, 0.15) is 122 Å². The molecule has 1 heterocycles. The minimum absolute atomic E-state index is 0.0186. The molecule has 4 bridgehead atoms. The fourth-order valence-electron chi connectivity index (χ4n) is 10.5. The summed E-state index contributed by atoms with van der Waals surface area (Å²) in [6, 6.07) is 12.8. The molecule has 0 saturated heterocycles. The number of ether oxygens (including phenoxy) is 5. The third kappa shape index (κ3) is 14.1. The topological polar surface area (TPSA) is 204 Å². The normalized spacial score (nSPS) is 20.6. The van der Waals surface area contributed by atoms with Gasteiger partial charge in [0.2, 0.25) is 5.91 Å². The van der Waals surface area contributed by atoms with Crippen LogP contribution in [0.25, 0.3) is 16.9 Å². The van der Waals surface area contributed by atoms with Crippen LogP contribution in [-0.4, -0.2) is 134 Å². The highest BCUT2D eigenvalue weighted by Gasteiger charge is 2.63. The van der Waals surface area contributed by atoms with Crippen LogP contribution in [0.4, 0.5) is 10.5 Å². The zero-order valence-corrected chi connectivity index (χ0v) is 43.2. The van der Waals surface area contributed by atoms with Crippen LogP contribution in [0.5, 0.6) is 11.5 Å². The van der Waals surface area contributed by atoms with Gasteiger partial charge in [0, 0.05) is 25.3 Å². The largest absolute Gasteiger partial charge is 0.507 e. The molecule has 17 heteroatoms. The molecule has 5 N–H and O–H groups in total. The van der Waals surface area contributed by atoms with Gasteiger partial charge in [0.1, 0.15) is 34.8 Å². The maximum atomic E-state index is 14.7. The summed E-state index contributed by atoms with van der Waals surface area (Å²) < 4.78 is 29.6. The van der Waals surface area contributed by atoms with E-state index in [1.807, 2.05) is 32.9 Å². The van der Waals surface area contributed by atoms with Crippen LogP contribution in [0, 0.1) is 23.7 Å². The molecule has 0 unspecified atom stereocenters. The molecule has 1 aromatic heterocycles. The first-order valence-electron chi connectivity index (χ1n) is 25.2. The quantitative estimate of drug-likeness (QED) is 0.0438. The third-order valence-corrected chi connectivity index (χ3v) is 13.4. The lowest BCUT2D eigenvalue weighted by molar-refractivity contribution is -0.180. The number of carbonyl (C=O) groups is 4. The number of aromatic nitrogens is 2. The number of benzene rings is 2. The van der Waals surface area contributed by atoms with Gasteiger partial charge in [-0.05, 0) is 178 Å². The number of rotatable bonds is 24. The summed E-state index contributed by atoms with van der Waals surface area (Å²) in [5.41, 5.74) is 1.21. The summed E-state index contributed by atoms with van der Waals surface area (Å²) in [5, 5.41) is 28.7. The number of hydrogen-bond acceptors (Lipinski definition) is 13. The SMILES string of the molecule is COc1cccc(O)c1-c1cc(C(=O)NC2(C(=O)OC(C)(C)C)C3CC4CC(C3)CC2C4)nn1-c1ccc(NCCCN(C)CCCNC(=O)COCCOCCNC(=O)OC(C)(C)C)cc1C(C)C. The monoisotopic (exact) mass is 974 g/mol. The molecule has 0 aliphatic heterocycles. The van der Waals surface area contributed by atoms with E-state index in [0.29, 0.717) is 55.1 Å². The van der Waals surface area contributed by atoms with Gasteiger partial charge in [-0.1, -0.05) is 19.9 Å². The summed E-state index contributed by atoms with van der Waals surface area (Å²) >= 11 is 0. The first-order valence-corrected chi connectivity index (χ1v) is 25.2. The molecule has 0 radical (unpaired) electrons. The summed E-state index contributed by atoms with van der Waals surface area (Å²) in [4.78, 5) is 55.2. The number of amides is 3. The maximum Gasteiger partial charge on any atom is 0.407 e. The molecule has 0 spiro atoms. The standard InChI is InChI=1S/C53H79N7O10/c1-34(2)40-31-39(54-18-12-21-59(9)22-13-19-55-46(62)33-68-25-24-67-23-20-56-50(65)70-52(6,7)8)16-17-42(40)60-43(47-44(61)14-11-15-45(47)66-10)32-41(58-60)48(63)57-53(49(64)69-51(3,4)5)37-27-35-26-36(29-37)30-38(53)28-35/h11,14-17,31-32,34-38,54,61H,12-13,18-30,33H2,1-10H3,(H,55,62)(H,56,65)(H,57,63). The minimum atomic E-state index is -1.15. The fourth-order valence-corrected chi connectivity index (χ4v) is 10.5. The number of phenols is 1. The lowest BCUT2D eigenvalue weighted by atomic mass is 9.48. The smallest absolute Gasteiger partial charge is 0.407 e. The van der Waals surface area contributed by atoms with Gasteiger partial charge in [0.25, 0.3) is 5.91 Å². The first kappa shape index (κ1) is 54.0. The number of esters is 1. The average Bonchev–Trinajstić information content (AvgIpc) is 3.72. The third-order valence-electron chi connectivity index (χ3n) is 13.4. The van der Waals surface area contributed by atoms with Gasteiger partial charge in [-0.2, -0.15) is 5.10 Å². The Kier molecular flexibility index (Phi) is 18.3. The fraction of sp³-hybridized carbons (Fsp3) is 0.642. The second kappa shape index (κ2) is 23.7. The Hall–Kier alpha value is -5.39. The Morgan fingerprint density at radius 3 is 2.13 bits per heavy atom. The van der Waals surface area contributed by atoms with E-state index in [1.165, 1.54) is 6.42 Å². The number of phenolic OH excluding ortho intramolecular Hbond substituents is 1. The predicted molar refractivity (Wildman–Crippen MR) is 268 cm³/mol. The van der Waals surface area contributed by atoms with Crippen molar-refractivity contribution in [3.63, 3.8) is 0 Å². The van der Waals surface area contributed by atoms with Gasteiger partial charge >= 0.3 is 12.1 Å². The molecule has 3 amide bonds. The minimum Gasteiger partial charge on any atom is -0.507 e. The summed E-state index contributed by atoms with van der Waals surface area (Å²) in [6.07, 6.45) is 5.91. The number of aromatic hydroxyl groups is 1. The Morgan fingerprint density at radius 2 is 1.49 bits per heavy atom. The first-order chi connectivity index (χ1) is 33.2. The number of nitrogens with one attached hydrogen (secondary N) is 4. The van der Waals surface area contributed by atoms with Crippen molar-refractivity contribution in [1.82, 2.24) is 30.6 Å². The van der Waals surface area contributed by atoms with E-state index >= 15 is 0 Å². The Bertz CT molecular complexity index is 2240. The van der Waals surface area contributed by atoms with Crippen LogP contribution in [0.3, 0.4) is 0 Å². The molecule has 0 atom stereocenters. The van der Waals surface area contributed by atoms with E-state index in [9.17, 15) is 24.3 Å². The van der Waals surface area contributed by atoms with E-state index < -0.39 is 28.7 Å². The number of alkyl carbamates (subject to hydrolysis) is 1. The molecular weight excluding hydrogens is 895 g/mol. The second-order valence-electron chi connectivity index (χ2n) is 21.6. The Labute approximate surface area is 414 Å². The Morgan fingerprint density at radius 1 is 0.829 bits per heavy atom. The molecule has 3 aromatic rings. The van der Waals surface area contributed by atoms with Gasteiger partial charge < -0.3 is 55.0 Å². The van der Waals surface area contributed by atoms with Crippen molar-refractivity contribution in [2.75, 3.05) is 78.6 Å². The lowest BCUT2D eigenvalue weighted by Gasteiger charge is -2.59. The number of hydrogen-bond donors (Lipinski definition) is 5. The van der Waals surface area contributed by atoms with Gasteiger partial charge in [0.05, 0.1) is 43.9 Å². The van der Waals surface area contributed by atoms with Crippen molar-refractivity contribution in [1.29, 1.82) is 0 Å². The lowest BCUT2D eigenvalue weighted by Crippen LogP contribution is -2.71. The summed E-state index contributed by atoms with van der Waals surface area (Å²) in [7, 11) is 3.61. The molecule has 7 rings (SSSR count). The highest BCUT2D eigenvalue weighted by Crippen LogP contribution is 2.59. The van der Waals surface area contributed by atoms with Crippen molar-refractivity contribution in [3.05, 3.63) is 53.7 Å². The zero-order valence-electron chi connectivity index (χ0n) is 43.2. The molecular formula is C53H79N7O10. The maximum absolute atomic E-state index is 14.7. The van der Waals surface area contributed by atoms with Crippen LogP contribution < -0.4 is 26.0 Å². The molecule has 4 saturated carbocycles. The van der Waals surface area contributed by atoms with Gasteiger partial charge in [0.15, 0.2) is 5.69 Å². The van der Waals surface area contributed by atoms with Crippen LogP contribution in [-0.2, 0) is 28.5 Å². The van der Waals surface area contributed by atoms with E-state index in [2.05, 4.69) is 53.1 Å². The number of nitrogens with zero attached hydrogens (tertiary/aromatic N) is 3. The second-order valence-corrected chi connectivity index (χ2v) is 21.6. The van der Waals surface area contributed by atoms with E-state index in [-0.39, 0.29) is 54.3 Å². The molecule has 17 nitrogen and oxygen atoms in total. The molecule has 4 fully saturated rings. The van der Waals surface area contributed by atoms with Crippen molar-refractivity contribution < 1.29 is 48.0 Å². The Balaban J connectivity index is 1.04. The van der Waals surface area contributed by atoms with Crippen molar-refractivity contribution in [2.45, 2.75) is 123 Å². The van der Waals surface area contributed by atoms with Crippen molar-refractivity contribution in [2.24, 2.45) is 23.7 Å². The molecule has 70 heavy (non-hydrogen) atoms.